The van der Waals surface area contributed by atoms with Crippen molar-refractivity contribution in [1.82, 2.24) is 10.6 Å². The van der Waals surface area contributed by atoms with Gasteiger partial charge in [-0.15, -0.1) is 12.4 Å². The molecule has 0 bridgehead atoms. The molecule has 0 aliphatic rings. The number of carbonyl (C=O) groups is 1. The van der Waals surface area contributed by atoms with Gasteiger partial charge in [-0.3, -0.25) is 4.79 Å². The molecule has 0 aliphatic heterocycles. The van der Waals surface area contributed by atoms with Crippen LogP contribution in [-0.4, -0.2) is 39.2 Å². The van der Waals surface area contributed by atoms with E-state index in [9.17, 15) is 22.0 Å². The highest BCUT2D eigenvalue weighted by molar-refractivity contribution is 7.91. The zero-order valence-electron chi connectivity index (χ0n) is 12.2. The van der Waals surface area contributed by atoms with Crippen molar-refractivity contribution in [2.75, 3.05) is 13.1 Å². The van der Waals surface area contributed by atoms with E-state index in [1.807, 2.05) is 13.8 Å². The zero-order valence-corrected chi connectivity index (χ0v) is 13.8. The Hall–Kier alpha value is -1.25. The molecule has 9 heteroatoms. The molecule has 0 unspecified atom stereocenters. The summed E-state index contributed by atoms with van der Waals surface area (Å²) in [6, 6.07) is 4.52. The number of alkyl halides is 2. The predicted molar refractivity (Wildman–Crippen MR) is 82.4 cm³/mol. The van der Waals surface area contributed by atoms with Crippen LogP contribution in [0.5, 0.6) is 0 Å². The molecule has 1 aromatic rings. The summed E-state index contributed by atoms with van der Waals surface area (Å²) in [4.78, 5) is 11.3. The standard InChI is InChI=1S/C13H18F2N2O3S.ClH/c1-3-16-9(2)8-17-12(18)10-4-6-11(7-5-10)21(19,20)13(14)15;/h4-7,9,13,16H,3,8H2,1-2H3,(H,17,18);1H/t9-;/m1./s1. The third-order valence-corrected chi connectivity index (χ3v) is 4.20. The minimum atomic E-state index is -4.63. The Morgan fingerprint density at radius 1 is 1.23 bits per heavy atom. The van der Waals surface area contributed by atoms with Gasteiger partial charge in [0.05, 0.1) is 4.90 Å². The van der Waals surface area contributed by atoms with Crippen molar-refractivity contribution < 1.29 is 22.0 Å². The van der Waals surface area contributed by atoms with Gasteiger partial charge in [-0.2, -0.15) is 8.78 Å². The van der Waals surface area contributed by atoms with Crippen LogP contribution in [-0.2, 0) is 9.84 Å². The maximum Gasteiger partial charge on any atom is 0.341 e. The van der Waals surface area contributed by atoms with Gasteiger partial charge in [0.15, 0.2) is 0 Å². The second-order valence-electron chi connectivity index (χ2n) is 4.50. The first kappa shape index (κ1) is 20.8. The SMILES string of the molecule is CCN[C@H](C)CNC(=O)c1ccc(S(=O)(=O)C(F)F)cc1.Cl. The Balaban J connectivity index is 0.00000441. The number of likely N-dealkylation sites (N-methyl/N-ethyl adjacent to an activating group) is 1. The topological polar surface area (TPSA) is 75.3 Å². The van der Waals surface area contributed by atoms with Crippen LogP contribution in [0.2, 0.25) is 0 Å². The van der Waals surface area contributed by atoms with Crippen LogP contribution in [0.3, 0.4) is 0 Å². The summed E-state index contributed by atoms with van der Waals surface area (Å²) in [5.41, 5.74) is 0.215. The number of halogens is 3. The number of nitrogens with one attached hydrogen (secondary N) is 2. The van der Waals surface area contributed by atoms with Crippen molar-refractivity contribution in [2.24, 2.45) is 0 Å². The molecule has 0 aromatic heterocycles. The molecular weight excluding hydrogens is 338 g/mol. The van der Waals surface area contributed by atoms with E-state index in [0.29, 0.717) is 6.54 Å². The minimum absolute atomic E-state index is 0. The number of rotatable bonds is 7. The van der Waals surface area contributed by atoms with Gasteiger partial charge in [-0.1, -0.05) is 6.92 Å². The molecule has 1 rings (SSSR count). The van der Waals surface area contributed by atoms with Gasteiger partial charge in [-0.25, -0.2) is 8.42 Å². The van der Waals surface area contributed by atoms with Crippen LogP contribution >= 0.6 is 12.4 Å². The van der Waals surface area contributed by atoms with E-state index in [1.54, 1.807) is 0 Å². The second kappa shape index (κ2) is 9.02. The van der Waals surface area contributed by atoms with E-state index in [4.69, 9.17) is 0 Å². The highest BCUT2D eigenvalue weighted by atomic mass is 35.5. The largest absolute Gasteiger partial charge is 0.350 e. The Labute approximate surface area is 134 Å². The van der Waals surface area contributed by atoms with Crippen molar-refractivity contribution in [1.29, 1.82) is 0 Å². The van der Waals surface area contributed by atoms with E-state index in [2.05, 4.69) is 10.6 Å². The molecule has 0 spiro atoms. The second-order valence-corrected chi connectivity index (χ2v) is 6.42. The van der Waals surface area contributed by atoms with Gasteiger partial charge >= 0.3 is 5.76 Å². The van der Waals surface area contributed by atoms with Crippen molar-refractivity contribution >= 4 is 28.2 Å². The highest BCUT2D eigenvalue weighted by Gasteiger charge is 2.26. The molecule has 0 aliphatic carbocycles. The zero-order chi connectivity index (χ0) is 16.0. The number of carbonyl (C=O) groups excluding carboxylic acids is 1. The van der Waals surface area contributed by atoms with Crippen LogP contribution in [0.25, 0.3) is 0 Å². The predicted octanol–water partition coefficient (Wildman–Crippen LogP) is 1.83. The molecular formula is C13H19ClF2N2O3S. The lowest BCUT2D eigenvalue weighted by Gasteiger charge is -2.13. The van der Waals surface area contributed by atoms with E-state index in [-0.39, 0.29) is 29.9 Å². The first-order valence-corrected chi connectivity index (χ1v) is 7.97. The third-order valence-electron chi connectivity index (χ3n) is 2.80. The molecule has 1 amide bonds. The molecule has 2 N–H and O–H groups in total. The highest BCUT2D eigenvalue weighted by Crippen LogP contribution is 2.18. The molecule has 1 aromatic carbocycles. The minimum Gasteiger partial charge on any atom is -0.350 e. The van der Waals surface area contributed by atoms with Gasteiger partial charge in [0.25, 0.3) is 5.91 Å². The first-order valence-electron chi connectivity index (χ1n) is 6.42. The van der Waals surface area contributed by atoms with Crippen molar-refractivity contribution in [3.63, 3.8) is 0 Å². The Morgan fingerprint density at radius 3 is 2.23 bits per heavy atom. The average molecular weight is 357 g/mol. The molecule has 0 saturated carbocycles. The summed E-state index contributed by atoms with van der Waals surface area (Å²) in [5, 5.41) is 5.78. The Kier molecular flexibility index (Phi) is 8.50. The fourth-order valence-electron chi connectivity index (χ4n) is 1.67. The lowest BCUT2D eigenvalue weighted by Crippen LogP contribution is -2.38. The molecule has 0 fully saturated rings. The van der Waals surface area contributed by atoms with Gasteiger partial charge in [0, 0.05) is 18.2 Å². The lowest BCUT2D eigenvalue weighted by molar-refractivity contribution is 0.0950. The molecule has 1 atom stereocenters. The summed E-state index contributed by atoms with van der Waals surface area (Å²) < 4.78 is 47.2. The van der Waals surface area contributed by atoms with Gasteiger partial charge in [-0.05, 0) is 37.7 Å². The van der Waals surface area contributed by atoms with Crippen molar-refractivity contribution in [2.45, 2.75) is 30.5 Å². The average Bonchev–Trinajstić information content (AvgIpc) is 2.45. The van der Waals surface area contributed by atoms with Crippen LogP contribution in [0.1, 0.15) is 24.2 Å². The fraction of sp³-hybridized carbons (Fsp3) is 0.462. The Morgan fingerprint density at radius 2 is 1.77 bits per heavy atom. The molecule has 126 valence electrons. The Bertz CT molecular complexity index is 579. The van der Waals surface area contributed by atoms with E-state index in [1.165, 1.54) is 12.1 Å². The summed E-state index contributed by atoms with van der Waals surface area (Å²) in [5.74, 6) is -3.86. The van der Waals surface area contributed by atoms with E-state index < -0.39 is 20.5 Å². The number of amides is 1. The number of hydrogen-bond acceptors (Lipinski definition) is 4. The van der Waals surface area contributed by atoms with Crippen LogP contribution < -0.4 is 10.6 Å². The molecule has 22 heavy (non-hydrogen) atoms. The van der Waals surface area contributed by atoms with Crippen LogP contribution in [0.15, 0.2) is 29.2 Å². The monoisotopic (exact) mass is 356 g/mol. The molecule has 0 saturated heterocycles. The number of hydrogen-bond donors (Lipinski definition) is 2. The van der Waals surface area contributed by atoms with Crippen LogP contribution in [0.4, 0.5) is 8.78 Å². The maximum absolute atomic E-state index is 12.4. The molecule has 0 radical (unpaired) electrons. The van der Waals surface area contributed by atoms with Crippen LogP contribution in [0, 0.1) is 0 Å². The first-order chi connectivity index (χ1) is 9.78. The third kappa shape index (κ3) is 5.51. The number of sulfone groups is 1. The van der Waals surface area contributed by atoms with Crippen molar-refractivity contribution in [3.8, 4) is 0 Å². The molecule has 5 nitrogen and oxygen atoms in total. The normalized spacial score (nSPS) is 12.6. The van der Waals surface area contributed by atoms with E-state index in [0.717, 1.165) is 18.7 Å². The lowest BCUT2D eigenvalue weighted by atomic mass is 10.2. The summed E-state index contributed by atoms with van der Waals surface area (Å²) in [7, 11) is -4.63. The quantitative estimate of drug-likeness (QED) is 0.781. The van der Waals surface area contributed by atoms with Gasteiger partial charge in [0.1, 0.15) is 0 Å². The summed E-state index contributed by atoms with van der Waals surface area (Å²) in [6.45, 7) is 5.03. The summed E-state index contributed by atoms with van der Waals surface area (Å²) in [6.07, 6.45) is 0. The van der Waals surface area contributed by atoms with Crippen molar-refractivity contribution in [3.05, 3.63) is 29.8 Å². The fourth-order valence-corrected chi connectivity index (χ4v) is 2.39. The van der Waals surface area contributed by atoms with E-state index >= 15 is 0 Å². The smallest absolute Gasteiger partial charge is 0.341 e. The summed E-state index contributed by atoms with van der Waals surface area (Å²) >= 11 is 0. The number of benzene rings is 1. The molecule has 0 heterocycles. The van der Waals surface area contributed by atoms with Gasteiger partial charge in [0.2, 0.25) is 9.84 Å². The van der Waals surface area contributed by atoms with Gasteiger partial charge < -0.3 is 10.6 Å². The maximum atomic E-state index is 12.4.